The number of aromatic nitrogens is 2. The fraction of sp³-hybridized carbons (Fsp3) is 0.615. The number of carbonyl (C=O) groups is 1. The molecule has 100 valence electrons. The summed E-state index contributed by atoms with van der Waals surface area (Å²) in [6, 6.07) is 1.69. The van der Waals surface area contributed by atoms with Gasteiger partial charge in [0, 0.05) is 17.5 Å². The number of hydrogen-bond acceptors (Lipinski definition) is 3. The first kappa shape index (κ1) is 14.9. The first-order valence-electron chi connectivity index (χ1n) is 6.05. The van der Waals surface area contributed by atoms with Gasteiger partial charge in [0.05, 0.1) is 12.1 Å². The highest BCUT2D eigenvalue weighted by atomic mass is 35.5. The zero-order valence-electron chi connectivity index (χ0n) is 11.3. The van der Waals surface area contributed by atoms with Crippen molar-refractivity contribution in [2.45, 2.75) is 52.5 Å². The third kappa shape index (κ3) is 3.67. The van der Waals surface area contributed by atoms with E-state index in [-0.39, 0.29) is 17.4 Å². The molecular weight excluding hydrogens is 252 g/mol. The molecule has 18 heavy (non-hydrogen) atoms. The lowest BCUT2D eigenvalue weighted by atomic mass is 9.91. The number of hydrogen-bond donors (Lipinski definition) is 0. The molecule has 0 amide bonds. The molecule has 1 aromatic heterocycles. The molecule has 4 nitrogen and oxygen atoms in total. The van der Waals surface area contributed by atoms with E-state index in [0.717, 1.165) is 12.1 Å². The minimum Gasteiger partial charge on any atom is -0.281 e. The molecule has 0 bridgehead atoms. The van der Waals surface area contributed by atoms with Gasteiger partial charge in [-0.05, 0) is 24.1 Å². The fourth-order valence-corrected chi connectivity index (χ4v) is 1.75. The second kappa shape index (κ2) is 5.65. The summed E-state index contributed by atoms with van der Waals surface area (Å²) in [4.78, 5) is 23.1. The van der Waals surface area contributed by atoms with Crippen LogP contribution < -0.4 is 5.56 Å². The van der Waals surface area contributed by atoms with Crippen molar-refractivity contribution in [1.29, 1.82) is 0 Å². The van der Waals surface area contributed by atoms with Crippen LogP contribution in [0, 0.1) is 0 Å². The van der Waals surface area contributed by atoms with E-state index in [2.05, 4.69) is 5.10 Å². The highest BCUT2D eigenvalue weighted by Crippen LogP contribution is 2.19. The first-order valence-corrected chi connectivity index (χ1v) is 6.43. The predicted molar refractivity (Wildman–Crippen MR) is 72.1 cm³/mol. The number of nitrogens with zero attached hydrogens (tertiary/aromatic N) is 2. The average molecular weight is 271 g/mol. The lowest BCUT2D eigenvalue weighted by Crippen LogP contribution is -2.31. The Morgan fingerprint density at radius 2 is 2.06 bits per heavy atom. The maximum atomic E-state index is 12.1. The Kier molecular flexibility index (Phi) is 4.68. The molecule has 1 rings (SSSR count). The van der Waals surface area contributed by atoms with Crippen LogP contribution in [0.5, 0.6) is 0 Å². The maximum Gasteiger partial charge on any atom is 0.270 e. The highest BCUT2D eigenvalue weighted by Gasteiger charge is 2.19. The van der Waals surface area contributed by atoms with E-state index in [1.54, 1.807) is 6.07 Å². The summed E-state index contributed by atoms with van der Waals surface area (Å²) >= 11 is 5.37. The molecule has 0 radical (unpaired) electrons. The van der Waals surface area contributed by atoms with Crippen LogP contribution in [0.4, 0.5) is 0 Å². The Morgan fingerprint density at radius 1 is 1.44 bits per heavy atom. The van der Waals surface area contributed by atoms with Crippen molar-refractivity contribution in [3.05, 3.63) is 27.7 Å². The molecule has 0 aliphatic rings. The second-order valence-electron chi connectivity index (χ2n) is 5.37. The summed E-state index contributed by atoms with van der Waals surface area (Å²) in [5, 5.41) is 3.82. The molecule has 0 saturated carbocycles. The molecule has 0 aromatic carbocycles. The van der Waals surface area contributed by atoms with Crippen molar-refractivity contribution in [3.8, 4) is 0 Å². The number of aryl methyl sites for hydroxylation is 1. The number of rotatable bonds is 4. The van der Waals surface area contributed by atoms with Gasteiger partial charge in [-0.15, -0.1) is 0 Å². The normalized spacial score (nSPS) is 11.6. The first-order chi connectivity index (χ1) is 8.25. The van der Waals surface area contributed by atoms with Crippen LogP contribution in [-0.4, -0.2) is 15.0 Å². The van der Waals surface area contributed by atoms with Crippen LogP contribution in [0.25, 0.3) is 0 Å². The van der Waals surface area contributed by atoms with E-state index in [1.165, 1.54) is 4.68 Å². The fourth-order valence-electron chi connectivity index (χ4n) is 1.60. The Bertz CT molecular complexity index is 501. The summed E-state index contributed by atoms with van der Waals surface area (Å²) < 4.78 is 1.43. The smallest absolute Gasteiger partial charge is 0.270 e. The van der Waals surface area contributed by atoms with Gasteiger partial charge in [0.1, 0.15) is 0 Å². The molecule has 0 aliphatic heterocycles. The molecular formula is C13H19ClN2O2. The van der Waals surface area contributed by atoms with Crippen molar-refractivity contribution in [2.24, 2.45) is 0 Å². The Labute approximate surface area is 112 Å². The van der Waals surface area contributed by atoms with Crippen LogP contribution in [0.1, 0.15) is 45.4 Å². The van der Waals surface area contributed by atoms with E-state index < -0.39 is 5.24 Å². The van der Waals surface area contributed by atoms with Gasteiger partial charge in [-0.3, -0.25) is 9.59 Å². The third-order valence-corrected chi connectivity index (χ3v) is 2.72. The van der Waals surface area contributed by atoms with E-state index in [4.69, 9.17) is 11.6 Å². The zero-order chi connectivity index (χ0) is 13.9. The monoisotopic (exact) mass is 270 g/mol. The Morgan fingerprint density at radius 3 is 2.50 bits per heavy atom. The van der Waals surface area contributed by atoms with E-state index in [9.17, 15) is 9.59 Å². The molecule has 0 unspecified atom stereocenters. The highest BCUT2D eigenvalue weighted by molar-refractivity contribution is 6.63. The molecule has 0 atom stereocenters. The van der Waals surface area contributed by atoms with Gasteiger partial charge in [0.25, 0.3) is 5.56 Å². The summed E-state index contributed by atoms with van der Waals surface area (Å²) in [5.74, 6) is 0. The van der Waals surface area contributed by atoms with Gasteiger partial charge in [-0.1, -0.05) is 27.7 Å². The summed E-state index contributed by atoms with van der Waals surface area (Å²) in [5.41, 5.74) is 0.818. The maximum absolute atomic E-state index is 12.1. The van der Waals surface area contributed by atoms with Crippen LogP contribution in [0.15, 0.2) is 10.9 Å². The molecule has 1 aromatic rings. The van der Waals surface area contributed by atoms with Gasteiger partial charge < -0.3 is 0 Å². The van der Waals surface area contributed by atoms with Gasteiger partial charge >= 0.3 is 0 Å². The van der Waals surface area contributed by atoms with Crippen LogP contribution >= 0.6 is 11.6 Å². The minimum absolute atomic E-state index is 0.0459. The van der Waals surface area contributed by atoms with Crippen molar-refractivity contribution in [1.82, 2.24) is 9.78 Å². The lowest BCUT2D eigenvalue weighted by Gasteiger charge is -2.19. The zero-order valence-corrected chi connectivity index (χ0v) is 12.0. The van der Waals surface area contributed by atoms with Crippen molar-refractivity contribution >= 4 is 16.8 Å². The number of carbonyl (C=O) groups excluding carboxylic acids is 1. The molecule has 0 spiro atoms. The van der Waals surface area contributed by atoms with E-state index in [0.29, 0.717) is 12.1 Å². The predicted octanol–water partition coefficient (Wildman–Crippen LogP) is 2.26. The van der Waals surface area contributed by atoms with Crippen LogP contribution in [0.3, 0.4) is 0 Å². The Hall–Kier alpha value is -1.16. The molecule has 0 N–H and O–H groups in total. The van der Waals surface area contributed by atoms with Crippen LogP contribution in [-0.2, 0) is 23.2 Å². The molecule has 0 aliphatic carbocycles. The number of halogens is 1. The average Bonchev–Trinajstić information content (AvgIpc) is 2.21. The second-order valence-corrected chi connectivity index (χ2v) is 5.79. The van der Waals surface area contributed by atoms with Crippen molar-refractivity contribution < 1.29 is 4.79 Å². The van der Waals surface area contributed by atoms with Gasteiger partial charge in [0.2, 0.25) is 5.24 Å². The van der Waals surface area contributed by atoms with Gasteiger partial charge in [-0.2, -0.15) is 5.10 Å². The minimum atomic E-state index is -0.527. The molecule has 0 fully saturated rings. The molecule has 5 heteroatoms. The standard InChI is InChI=1S/C13H19ClN2O2/c1-5-6-16-12(18)9(8-11(14)17)7-10(15-16)13(2,3)4/h7H,5-6,8H2,1-4H3. The summed E-state index contributed by atoms with van der Waals surface area (Å²) in [6.45, 7) is 8.57. The van der Waals surface area contributed by atoms with Crippen molar-refractivity contribution in [2.75, 3.05) is 0 Å². The third-order valence-electron chi connectivity index (χ3n) is 2.58. The Balaban J connectivity index is 3.36. The van der Waals surface area contributed by atoms with Crippen LogP contribution in [0.2, 0.25) is 0 Å². The van der Waals surface area contributed by atoms with Crippen molar-refractivity contribution in [3.63, 3.8) is 0 Å². The van der Waals surface area contributed by atoms with E-state index in [1.807, 2.05) is 27.7 Å². The van der Waals surface area contributed by atoms with Gasteiger partial charge in [0.15, 0.2) is 0 Å². The SMILES string of the molecule is CCCn1nc(C(C)(C)C)cc(CC(=O)Cl)c1=O. The summed E-state index contributed by atoms with van der Waals surface area (Å²) in [7, 11) is 0. The molecule has 0 saturated heterocycles. The largest absolute Gasteiger partial charge is 0.281 e. The molecule has 1 heterocycles. The quantitative estimate of drug-likeness (QED) is 0.789. The lowest BCUT2D eigenvalue weighted by molar-refractivity contribution is -0.111. The van der Waals surface area contributed by atoms with E-state index >= 15 is 0 Å². The topological polar surface area (TPSA) is 52.0 Å². The summed E-state index contributed by atoms with van der Waals surface area (Å²) in [6.07, 6.45) is 0.768. The van der Waals surface area contributed by atoms with Gasteiger partial charge in [-0.25, -0.2) is 4.68 Å².